The molecule has 1 aromatic rings. The molecule has 3 nitrogen and oxygen atoms in total. The van der Waals surface area contributed by atoms with Crippen LogP contribution < -0.4 is 10.6 Å². The van der Waals surface area contributed by atoms with Gasteiger partial charge in [0.05, 0.1) is 0 Å². The highest BCUT2D eigenvalue weighted by Gasteiger charge is 2.32. The number of hydrogen-bond acceptors (Lipinski definition) is 2. The zero-order chi connectivity index (χ0) is 13.3. The van der Waals surface area contributed by atoms with Crippen molar-refractivity contribution in [1.82, 2.24) is 5.32 Å². The predicted molar refractivity (Wildman–Crippen MR) is 74.8 cm³/mol. The molecular formula is C15H22N2O. The van der Waals surface area contributed by atoms with Gasteiger partial charge >= 0.3 is 0 Å². The largest absolute Gasteiger partial charge is 0.324 e. The van der Waals surface area contributed by atoms with Crippen LogP contribution in [0.3, 0.4) is 0 Å². The number of carbonyl (C=O) groups excluding carboxylic acids is 1. The molecule has 1 aliphatic heterocycles. The molecule has 0 bridgehead atoms. The Balaban J connectivity index is 2.26. The average molecular weight is 246 g/mol. The minimum absolute atomic E-state index is 0.0710. The fraction of sp³-hybridized carbons (Fsp3) is 0.533. The van der Waals surface area contributed by atoms with Gasteiger partial charge in [-0.2, -0.15) is 0 Å². The van der Waals surface area contributed by atoms with Crippen LogP contribution in [-0.4, -0.2) is 11.9 Å². The van der Waals surface area contributed by atoms with Crippen LogP contribution in [-0.2, 0) is 4.79 Å². The Labute approximate surface area is 109 Å². The quantitative estimate of drug-likeness (QED) is 0.857. The number of aryl methyl sites for hydroxylation is 1. The summed E-state index contributed by atoms with van der Waals surface area (Å²) in [6, 6.07) is 4.32. The van der Waals surface area contributed by atoms with Gasteiger partial charge in [0.1, 0.15) is 6.04 Å². The van der Waals surface area contributed by atoms with Gasteiger partial charge in [0.25, 0.3) is 0 Å². The Bertz CT molecular complexity index is 468. The van der Waals surface area contributed by atoms with Crippen molar-refractivity contribution in [2.45, 2.75) is 52.6 Å². The van der Waals surface area contributed by atoms with Gasteiger partial charge in [-0.15, -0.1) is 0 Å². The van der Waals surface area contributed by atoms with E-state index in [4.69, 9.17) is 0 Å². The van der Waals surface area contributed by atoms with Gasteiger partial charge in [-0.05, 0) is 38.3 Å². The Morgan fingerprint density at radius 1 is 1.39 bits per heavy atom. The lowest BCUT2D eigenvalue weighted by atomic mass is 10.0. The summed E-state index contributed by atoms with van der Waals surface area (Å²) in [6.45, 7) is 8.43. The molecule has 0 spiro atoms. The Morgan fingerprint density at radius 3 is 2.78 bits per heavy atom. The SMILES string of the molecule is CCCC(C)NC1C(=O)Nc2c1ccc(C)c2C. The van der Waals surface area contributed by atoms with E-state index in [-0.39, 0.29) is 11.9 Å². The maximum absolute atomic E-state index is 12.1. The van der Waals surface area contributed by atoms with Gasteiger partial charge in [-0.3, -0.25) is 10.1 Å². The van der Waals surface area contributed by atoms with Crippen LogP contribution in [0.25, 0.3) is 0 Å². The van der Waals surface area contributed by atoms with Crippen LogP contribution in [0.5, 0.6) is 0 Å². The standard InChI is InChI=1S/C15H22N2O/c1-5-6-10(3)16-14-12-8-7-9(2)11(4)13(12)17-15(14)18/h7-8,10,14,16H,5-6H2,1-4H3,(H,17,18). The second-order valence-electron chi connectivity index (χ2n) is 5.25. The molecule has 3 heteroatoms. The predicted octanol–water partition coefficient (Wildman–Crippen LogP) is 3.07. The third-order valence-electron chi connectivity index (χ3n) is 3.76. The molecule has 18 heavy (non-hydrogen) atoms. The summed E-state index contributed by atoms with van der Waals surface area (Å²) in [5, 5.41) is 6.42. The van der Waals surface area contributed by atoms with E-state index in [1.807, 2.05) is 0 Å². The highest BCUT2D eigenvalue weighted by Crippen LogP contribution is 2.35. The first-order chi connectivity index (χ1) is 8.54. The van der Waals surface area contributed by atoms with E-state index in [0.717, 1.165) is 24.1 Å². The molecule has 0 radical (unpaired) electrons. The maximum atomic E-state index is 12.1. The maximum Gasteiger partial charge on any atom is 0.246 e. The molecule has 1 aliphatic rings. The molecule has 2 atom stereocenters. The first-order valence-corrected chi connectivity index (χ1v) is 6.71. The number of benzene rings is 1. The number of nitrogens with one attached hydrogen (secondary N) is 2. The van der Waals surface area contributed by atoms with Gasteiger partial charge in [0.2, 0.25) is 5.91 Å². The highest BCUT2D eigenvalue weighted by atomic mass is 16.2. The van der Waals surface area contributed by atoms with Crippen LogP contribution >= 0.6 is 0 Å². The highest BCUT2D eigenvalue weighted by molar-refractivity contribution is 6.03. The van der Waals surface area contributed by atoms with Crippen molar-refractivity contribution in [2.75, 3.05) is 5.32 Å². The first-order valence-electron chi connectivity index (χ1n) is 6.71. The van der Waals surface area contributed by atoms with Gasteiger partial charge in [0, 0.05) is 17.3 Å². The lowest BCUT2D eigenvalue weighted by Gasteiger charge is -2.18. The number of carbonyl (C=O) groups is 1. The van der Waals surface area contributed by atoms with Crippen molar-refractivity contribution in [3.05, 3.63) is 28.8 Å². The normalized spacial score (nSPS) is 19.6. The van der Waals surface area contributed by atoms with Crippen LogP contribution in [0.2, 0.25) is 0 Å². The van der Waals surface area contributed by atoms with Crippen molar-refractivity contribution < 1.29 is 4.79 Å². The molecule has 0 aliphatic carbocycles. The molecular weight excluding hydrogens is 224 g/mol. The van der Waals surface area contributed by atoms with E-state index in [1.54, 1.807) is 0 Å². The summed E-state index contributed by atoms with van der Waals surface area (Å²) in [5.41, 5.74) is 4.48. The minimum atomic E-state index is -0.194. The summed E-state index contributed by atoms with van der Waals surface area (Å²) in [7, 11) is 0. The first kappa shape index (κ1) is 13.1. The second-order valence-corrected chi connectivity index (χ2v) is 5.25. The Morgan fingerprint density at radius 2 is 2.11 bits per heavy atom. The lowest BCUT2D eigenvalue weighted by Crippen LogP contribution is -2.34. The molecule has 0 fully saturated rings. The Hall–Kier alpha value is -1.35. The van der Waals surface area contributed by atoms with Gasteiger partial charge in [-0.1, -0.05) is 25.5 Å². The van der Waals surface area contributed by atoms with Crippen molar-refractivity contribution in [3.8, 4) is 0 Å². The average Bonchev–Trinajstić information content (AvgIpc) is 2.63. The molecule has 1 aromatic carbocycles. The van der Waals surface area contributed by atoms with E-state index in [1.165, 1.54) is 11.1 Å². The minimum Gasteiger partial charge on any atom is -0.324 e. The fourth-order valence-electron chi connectivity index (χ4n) is 2.55. The number of amides is 1. The lowest BCUT2D eigenvalue weighted by molar-refractivity contribution is -0.117. The summed E-state index contributed by atoms with van der Waals surface area (Å²) in [5.74, 6) is 0.0710. The molecule has 0 saturated heterocycles. The number of fused-ring (bicyclic) bond motifs is 1. The van der Waals surface area contributed by atoms with Crippen LogP contribution in [0.4, 0.5) is 5.69 Å². The van der Waals surface area contributed by atoms with Crippen molar-refractivity contribution in [1.29, 1.82) is 0 Å². The summed E-state index contributed by atoms with van der Waals surface area (Å²) in [6.07, 6.45) is 2.21. The Kier molecular flexibility index (Phi) is 3.71. The zero-order valence-corrected chi connectivity index (χ0v) is 11.6. The van der Waals surface area contributed by atoms with E-state index < -0.39 is 0 Å². The van der Waals surface area contributed by atoms with E-state index in [0.29, 0.717) is 6.04 Å². The fourth-order valence-corrected chi connectivity index (χ4v) is 2.55. The van der Waals surface area contributed by atoms with E-state index in [2.05, 4.69) is 50.5 Å². The van der Waals surface area contributed by atoms with E-state index in [9.17, 15) is 4.79 Å². The molecule has 2 N–H and O–H groups in total. The molecule has 1 amide bonds. The molecule has 98 valence electrons. The second kappa shape index (κ2) is 5.11. The van der Waals surface area contributed by atoms with Crippen LogP contribution in [0.1, 0.15) is 49.4 Å². The molecule has 2 unspecified atom stereocenters. The molecule has 0 aromatic heterocycles. The molecule has 2 rings (SSSR count). The molecule has 0 saturated carbocycles. The third-order valence-corrected chi connectivity index (χ3v) is 3.76. The monoisotopic (exact) mass is 246 g/mol. The topological polar surface area (TPSA) is 41.1 Å². The van der Waals surface area contributed by atoms with Gasteiger partial charge < -0.3 is 5.32 Å². The zero-order valence-electron chi connectivity index (χ0n) is 11.6. The third kappa shape index (κ3) is 2.27. The van der Waals surface area contributed by atoms with Crippen molar-refractivity contribution in [2.24, 2.45) is 0 Å². The van der Waals surface area contributed by atoms with Crippen molar-refractivity contribution in [3.63, 3.8) is 0 Å². The number of rotatable bonds is 4. The molecule has 1 heterocycles. The number of hydrogen-bond donors (Lipinski definition) is 2. The van der Waals surface area contributed by atoms with Crippen LogP contribution in [0, 0.1) is 13.8 Å². The number of anilines is 1. The van der Waals surface area contributed by atoms with Crippen LogP contribution in [0.15, 0.2) is 12.1 Å². The van der Waals surface area contributed by atoms with E-state index >= 15 is 0 Å². The van der Waals surface area contributed by atoms with Crippen molar-refractivity contribution >= 4 is 11.6 Å². The smallest absolute Gasteiger partial charge is 0.246 e. The summed E-state index contributed by atoms with van der Waals surface area (Å²) in [4.78, 5) is 12.1. The summed E-state index contributed by atoms with van der Waals surface area (Å²) < 4.78 is 0. The summed E-state index contributed by atoms with van der Waals surface area (Å²) >= 11 is 0. The van der Waals surface area contributed by atoms with Gasteiger partial charge in [0.15, 0.2) is 0 Å². The van der Waals surface area contributed by atoms with Gasteiger partial charge in [-0.25, -0.2) is 0 Å².